The molecule has 1 aliphatic rings. The first-order valence-corrected chi connectivity index (χ1v) is 13.1. The van der Waals surface area contributed by atoms with Gasteiger partial charge in [-0.3, -0.25) is 14.5 Å². The first kappa shape index (κ1) is 26.3. The molecule has 1 heterocycles. The second-order valence-corrected chi connectivity index (χ2v) is 10.0. The quantitative estimate of drug-likeness (QED) is 0.217. The lowest BCUT2D eigenvalue weighted by molar-refractivity contribution is -0.123. The van der Waals surface area contributed by atoms with Crippen LogP contribution in [0.5, 0.6) is 11.5 Å². The number of carbonyl (C=O) groups excluding carboxylic acids is 2. The van der Waals surface area contributed by atoms with Crippen molar-refractivity contribution < 1.29 is 19.1 Å². The van der Waals surface area contributed by atoms with Crippen molar-refractivity contribution in [3.63, 3.8) is 0 Å². The number of amides is 2. The van der Waals surface area contributed by atoms with E-state index in [1.807, 2.05) is 25.1 Å². The second-order valence-electron chi connectivity index (χ2n) is 7.86. The van der Waals surface area contributed by atoms with Gasteiger partial charge in [0.1, 0.15) is 6.61 Å². The number of carbonyl (C=O) groups is 2. The van der Waals surface area contributed by atoms with Crippen LogP contribution in [0.3, 0.4) is 0 Å². The summed E-state index contributed by atoms with van der Waals surface area (Å²) in [4.78, 5) is 27.1. The van der Waals surface area contributed by atoms with Crippen LogP contribution >= 0.6 is 34.4 Å². The Hall–Kier alpha value is -3.80. The van der Waals surface area contributed by atoms with Crippen molar-refractivity contribution >= 4 is 51.6 Å². The molecule has 3 aromatic rings. The SMILES string of the molecule is CCOc1cc(/C=C2/SC(=O)N(Cc3ccccc3C#N)C2=O)cc(I)c1OCc1ccccc1C#N. The third-order valence-corrected chi connectivity index (χ3v) is 7.19. The predicted octanol–water partition coefficient (Wildman–Crippen LogP) is 6.25. The Morgan fingerprint density at radius 1 is 0.973 bits per heavy atom. The van der Waals surface area contributed by atoms with Crippen LogP contribution in [0, 0.1) is 26.2 Å². The molecule has 0 saturated carbocycles. The molecule has 0 aromatic heterocycles. The van der Waals surface area contributed by atoms with E-state index in [1.54, 1.807) is 48.5 Å². The van der Waals surface area contributed by atoms with Crippen molar-refractivity contribution in [2.75, 3.05) is 6.61 Å². The van der Waals surface area contributed by atoms with Crippen LogP contribution in [0.15, 0.2) is 65.6 Å². The van der Waals surface area contributed by atoms with Crippen LogP contribution in [0.25, 0.3) is 6.08 Å². The number of thioether (sulfide) groups is 1. The lowest BCUT2D eigenvalue weighted by Gasteiger charge is -2.15. The molecule has 0 radical (unpaired) electrons. The third-order valence-electron chi connectivity index (χ3n) is 5.48. The number of hydrogen-bond donors (Lipinski definition) is 0. The number of ether oxygens (including phenoxy) is 2. The molecule has 184 valence electrons. The van der Waals surface area contributed by atoms with E-state index in [2.05, 4.69) is 34.7 Å². The van der Waals surface area contributed by atoms with Gasteiger partial charge in [-0.05, 0) is 82.7 Å². The van der Waals surface area contributed by atoms with E-state index in [1.165, 1.54) is 0 Å². The maximum absolute atomic E-state index is 13.1. The van der Waals surface area contributed by atoms with Crippen LogP contribution < -0.4 is 9.47 Å². The Bertz CT molecular complexity index is 1490. The monoisotopic (exact) mass is 621 g/mol. The molecule has 0 atom stereocenters. The van der Waals surface area contributed by atoms with Gasteiger partial charge in [-0.15, -0.1) is 0 Å². The first-order valence-electron chi connectivity index (χ1n) is 11.3. The van der Waals surface area contributed by atoms with Crippen LogP contribution in [0.1, 0.15) is 34.7 Å². The molecule has 1 saturated heterocycles. The maximum Gasteiger partial charge on any atom is 0.293 e. The Morgan fingerprint density at radius 3 is 2.30 bits per heavy atom. The molecule has 1 aliphatic heterocycles. The number of rotatable bonds is 8. The fourth-order valence-electron chi connectivity index (χ4n) is 3.70. The molecule has 0 unspecified atom stereocenters. The number of hydrogen-bond acceptors (Lipinski definition) is 7. The summed E-state index contributed by atoms with van der Waals surface area (Å²) < 4.78 is 12.6. The zero-order valence-corrected chi connectivity index (χ0v) is 22.7. The highest BCUT2D eigenvalue weighted by atomic mass is 127. The fraction of sp³-hybridized carbons (Fsp3) is 0.143. The van der Waals surface area contributed by atoms with Crippen LogP contribution in [-0.4, -0.2) is 22.7 Å². The molecule has 3 aromatic carbocycles. The summed E-state index contributed by atoms with van der Waals surface area (Å²) in [7, 11) is 0. The fourth-order valence-corrected chi connectivity index (χ4v) is 5.32. The van der Waals surface area contributed by atoms with Crippen molar-refractivity contribution in [3.05, 3.63) is 97.0 Å². The minimum Gasteiger partial charge on any atom is -0.490 e. The summed E-state index contributed by atoms with van der Waals surface area (Å²) in [5, 5.41) is 18.3. The Morgan fingerprint density at radius 2 is 1.62 bits per heavy atom. The minimum absolute atomic E-state index is 0.0322. The molecular weight excluding hydrogens is 601 g/mol. The van der Waals surface area contributed by atoms with E-state index >= 15 is 0 Å². The number of imide groups is 1. The van der Waals surface area contributed by atoms with Gasteiger partial charge in [-0.2, -0.15) is 10.5 Å². The molecule has 9 heteroatoms. The summed E-state index contributed by atoms with van der Waals surface area (Å²) in [5.41, 5.74) is 3.02. The summed E-state index contributed by atoms with van der Waals surface area (Å²) in [6.45, 7) is 2.49. The number of nitriles is 2. The van der Waals surface area contributed by atoms with Gasteiger partial charge in [0.05, 0.1) is 44.9 Å². The Balaban J connectivity index is 1.58. The van der Waals surface area contributed by atoms with Gasteiger partial charge in [-0.1, -0.05) is 36.4 Å². The Labute approximate surface area is 232 Å². The average Bonchev–Trinajstić information content (AvgIpc) is 3.16. The number of benzene rings is 3. The van der Waals surface area contributed by atoms with E-state index in [-0.39, 0.29) is 23.3 Å². The normalized spacial score (nSPS) is 13.9. The molecule has 2 amide bonds. The highest BCUT2D eigenvalue weighted by Gasteiger charge is 2.35. The molecule has 0 N–H and O–H groups in total. The molecule has 0 spiro atoms. The van der Waals surface area contributed by atoms with Gasteiger partial charge in [0.2, 0.25) is 0 Å². The zero-order chi connectivity index (χ0) is 26.4. The van der Waals surface area contributed by atoms with Gasteiger partial charge in [0, 0.05) is 5.56 Å². The standard InChI is InChI=1S/C28H20IN3O4S/c1-2-35-24-12-18(11-23(29)26(24)36-17-22-10-6-4-8-20(22)15-31)13-25-27(33)32(28(34)37-25)16-21-9-5-3-7-19(21)14-30/h3-13H,2,16-17H2,1H3/b25-13+. The molecule has 0 aliphatic carbocycles. The minimum atomic E-state index is -0.413. The summed E-state index contributed by atoms with van der Waals surface area (Å²) in [6.07, 6.45) is 1.65. The maximum atomic E-state index is 13.1. The largest absolute Gasteiger partial charge is 0.490 e. The van der Waals surface area contributed by atoms with Crippen molar-refractivity contribution in [1.82, 2.24) is 4.90 Å². The molecule has 7 nitrogen and oxygen atoms in total. The van der Waals surface area contributed by atoms with E-state index < -0.39 is 5.91 Å². The highest BCUT2D eigenvalue weighted by molar-refractivity contribution is 14.1. The van der Waals surface area contributed by atoms with Crippen LogP contribution in [-0.2, 0) is 17.9 Å². The molecule has 1 fully saturated rings. The van der Waals surface area contributed by atoms with Crippen molar-refractivity contribution in [2.24, 2.45) is 0 Å². The van der Waals surface area contributed by atoms with Crippen LogP contribution in [0.4, 0.5) is 4.79 Å². The molecule has 37 heavy (non-hydrogen) atoms. The van der Waals surface area contributed by atoms with Gasteiger partial charge < -0.3 is 9.47 Å². The van der Waals surface area contributed by atoms with Gasteiger partial charge >= 0.3 is 0 Å². The summed E-state index contributed by atoms with van der Waals surface area (Å²) in [5.74, 6) is 0.620. The van der Waals surface area contributed by atoms with Gasteiger partial charge in [-0.25, -0.2) is 0 Å². The number of nitrogens with zero attached hydrogens (tertiary/aromatic N) is 3. The third kappa shape index (κ3) is 5.96. The topological polar surface area (TPSA) is 103 Å². The van der Waals surface area contributed by atoms with Crippen molar-refractivity contribution in [2.45, 2.75) is 20.1 Å². The van der Waals surface area contributed by atoms with E-state index in [0.717, 1.165) is 25.8 Å². The zero-order valence-electron chi connectivity index (χ0n) is 19.7. The number of halogens is 1. The average molecular weight is 621 g/mol. The van der Waals surface area contributed by atoms with E-state index in [9.17, 15) is 20.1 Å². The summed E-state index contributed by atoms with van der Waals surface area (Å²) >= 11 is 3.00. The van der Waals surface area contributed by atoms with Crippen molar-refractivity contribution in [3.8, 4) is 23.6 Å². The lowest BCUT2D eigenvalue weighted by atomic mass is 10.1. The second kappa shape index (κ2) is 12.0. The van der Waals surface area contributed by atoms with Gasteiger partial charge in [0.25, 0.3) is 11.1 Å². The van der Waals surface area contributed by atoms with E-state index in [0.29, 0.717) is 40.4 Å². The highest BCUT2D eigenvalue weighted by Crippen LogP contribution is 2.38. The predicted molar refractivity (Wildman–Crippen MR) is 148 cm³/mol. The lowest BCUT2D eigenvalue weighted by Crippen LogP contribution is -2.27. The molecule has 4 rings (SSSR count). The van der Waals surface area contributed by atoms with Crippen molar-refractivity contribution in [1.29, 1.82) is 10.5 Å². The van der Waals surface area contributed by atoms with Gasteiger partial charge in [0.15, 0.2) is 11.5 Å². The van der Waals surface area contributed by atoms with E-state index in [4.69, 9.17) is 9.47 Å². The molecule has 0 bridgehead atoms. The molecular formula is C28H20IN3O4S. The Kier molecular flexibility index (Phi) is 8.49. The smallest absolute Gasteiger partial charge is 0.293 e. The summed E-state index contributed by atoms with van der Waals surface area (Å²) in [6, 6.07) is 22.0. The first-order chi connectivity index (χ1) is 17.9. The van der Waals surface area contributed by atoms with Crippen LogP contribution in [0.2, 0.25) is 0 Å².